The first-order valence-electron chi connectivity index (χ1n) is 8.44. The van der Waals surface area contributed by atoms with Gasteiger partial charge in [0, 0.05) is 13.1 Å². The molecule has 0 aromatic heterocycles. The van der Waals surface area contributed by atoms with E-state index in [1.54, 1.807) is 11.8 Å². The van der Waals surface area contributed by atoms with E-state index >= 15 is 0 Å². The molecule has 9 heteroatoms. The van der Waals surface area contributed by atoms with Crippen LogP contribution in [0, 0.1) is 0 Å². The van der Waals surface area contributed by atoms with E-state index in [4.69, 9.17) is 9.47 Å². The maximum Gasteiger partial charge on any atom is 0.344 e. The fourth-order valence-corrected chi connectivity index (χ4v) is 4.88. The van der Waals surface area contributed by atoms with Crippen LogP contribution in [0.1, 0.15) is 26.3 Å². The van der Waals surface area contributed by atoms with Crippen molar-refractivity contribution in [3.63, 3.8) is 0 Å². The molecule has 0 unspecified atom stereocenters. The van der Waals surface area contributed by atoms with Crippen LogP contribution in [0.3, 0.4) is 0 Å². The SMILES string of the molecule is CCN=C1S/C(=C\c2cc(Br)c(OCC(=O)OCC)c(Br)c2)C(=O)N1CC. The van der Waals surface area contributed by atoms with Gasteiger partial charge in [-0.1, -0.05) is 0 Å². The molecular formula is C18H20Br2N2O4S. The van der Waals surface area contributed by atoms with E-state index in [0.717, 1.165) is 10.7 Å². The Morgan fingerprint density at radius 3 is 2.48 bits per heavy atom. The molecule has 0 N–H and O–H groups in total. The van der Waals surface area contributed by atoms with Crippen LogP contribution in [-0.2, 0) is 14.3 Å². The number of carbonyl (C=O) groups is 2. The first kappa shape index (κ1) is 22.0. The monoisotopic (exact) mass is 518 g/mol. The van der Waals surface area contributed by atoms with Gasteiger partial charge >= 0.3 is 5.97 Å². The van der Waals surface area contributed by atoms with Gasteiger partial charge in [-0.25, -0.2) is 4.79 Å². The molecule has 1 amide bonds. The molecule has 0 radical (unpaired) electrons. The third-order valence-corrected chi connectivity index (χ3v) is 5.68. The number of halogens is 2. The molecule has 2 rings (SSSR count). The summed E-state index contributed by atoms with van der Waals surface area (Å²) in [5.74, 6) is 0.0152. The van der Waals surface area contributed by atoms with E-state index in [2.05, 4.69) is 36.9 Å². The van der Waals surface area contributed by atoms with Crippen molar-refractivity contribution in [1.29, 1.82) is 0 Å². The highest BCUT2D eigenvalue weighted by Crippen LogP contribution is 2.37. The van der Waals surface area contributed by atoms with Crippen molar-refractivity contribution in [2.45, 2.75) is 20.8 Å². The molecule has 0 spiro atoms. The number of likely N-dealkylation sites (N-methyl/N-ethyl adjacent to an activating group) is 1. The Kier molecular flexibility index (Phi) is 8.37. The third-order valence-electron chi connectivity index (χ3n) is 3.46. The van der Waals surface area contributed by atoms with Crippen molar-refractivity contribution < 1.29 is 19.1 Å². The van der Waals surface area contributed by atoms with Crippen molar-refractivity contribution in [3.05, 3.63) is 31.5 Å². The van der Waals surface area contributed by atoms with Crippen LogP contribution in [-0.4, -0.2) is 48.2 Å². The number of amides is 1. The van der Waals surface area contributed by atoms with Crippen LogP contribution in [0.4, 0.5) is 0 Å². The minimum Gasteiger partial charge on any atom is -0.480 e. The zero-order valence-electron chi connectivity index (χ0n) is 15.3. The van der Waals surface area contributed by atoms with Crippen molar-refractivity contribution >= 4 is 66.7 Å². The Balaban J connectivity index is 2.23. The van der Waals surface area contributed by atoms with Crippen molar-refractivity contribution in [2.75, 3.05) is 26.3 Å². The number of carbonyl (C=O) groups excluding carboxylic acids is 2. The second-order valence-electron chi connectivity index (χ2n) is 5.32. The van der Waals surface area contributed by atoms with Crippen molar-refractivity contribution in [3.8, 4) is 5.75 Å². The van der Waals surface area contributed by atoms with Crippen molar-refractivity contribution in [1.82, 2.24) is 4.90 Å². The van der Waals surface area contributed by atoms with E-state index in [-0.39, 0.29) is 12.5 Å². The van der Waals surface area contributed by atoms with Crippen LogP contribution in [0.2, 0.25) is 0 Å². The smallest absolute Gasteiger partial charge is 0.344 e. The van der Waals surface area contributed by atoms with Crippen LogP contribution in [0.5, 0.6) is 5.75 Å². The minimum atomic E-state index is -0.433. The Bertz CT molecular complexity index is 773. The maximum absolute atomic E-state index is 12.6. The molecule has 1 heterocycles. The Morgan fingerprint density at radius 2 is 1.93 bits per heavy atom. The molecule has 6 nitrogen and oxygen atoms in total. The van der Waals surface area contributed by atoms with Gasteiger partial charge < -0.3 is 9.47 Å². The largest absolute Gasteiger partial charge is 0.480 e. The molecule has 1 fully saturated rings. The summed E-state index contributed by atoms with van der Waals surface area (Å²) >= 11 is 8.27. The third kappa shape index (κ3) is 5.58. The normalized spacial score (nSPS) is 17.1. The van der Waals surface area contributed by atoms with Crippen LogP contribution in [0.25, 0.3) is 6.08 Å². The lowest BCUT2D eigenvalue weighted by molar-refractivity contribution is -0.145. The van der Waals surface area contributed by atoms with Gasteiger partial charge in [-0.05, 0) is 88.2 Å². The fraction of sp³-hybridized carbons (Fsp3) is 0.389. The second kappa shape index (κ2) is 10.3. The van der Waals surface area contributed by atoms with Gasteiger partial charge in [0.25, 0.3) is 5.91 Å². The number of esters is 1. The number of nitrogens with zero attached hydrogens (tertiary/aromatic N) is 2. The number of ether oxygens (including phenoxy) is 2. The lowest BCUT2D eigenvalue weighted by atomic mass is 10.2. The number of aliphatic imine (C=N–C) groups is 1. The van der Waals surface area contributed by atoms with E-state index in [1.165, 1.54) is 11.8 Å². The summed E-state index contributed by atoms with van der Waals surface area (Å²) in [6.45, 7) is 6.94. The quantitative estimate of drug-likeness (QED) is 0.393. The van der Waals surface area contributed by atoms with Crippen LogP contribution in [0.15, 0.2) is 31.0 Å². The second-order valence-corrected chi connectivity index (χ2v) is 8.04. The molecule has 0 saturated carbocycles. The summed E-state index contributed by atoms with van der Waals surface area (Å²) in [6, 6.07) is 3.66. The average Bonchev–Trinajstić information content (AvgIpc) is 2.89. The topological polar surface area (TPSA) is 68.2 Å². The zero-order chi connectivity index (χ0) is 20.0. The summed E-state index contributed by atoms with van der Waals surface area (Å²) in [7, 11) is 0. The summed E-state index contributed by atoms with van der Waals surface area (Å²) in [4.78, 5) is 30.7. The van der Waals surface area contributed by atoms with Gasteiger partial charge in [0.2, 0.25) is 0 Å². The molecule has 1 aromatic carbocycles. The molecule has 0 atom stereocenters. The lowest BCUT2D eigenvalue weighted by Crippen LogP contribution is -2.28. The van der Waals surface area contributed by atoms with Gasteiger partial charge in [0.1, 0.15) is 5.75 Å². The van der Waals surface area contributed by atoms with Gasteiger partial charge in [-0.15, -0.1) is 0 Å². The summed E-state index contributed by atoms with van der Waals surface area (Å²) in [5.41, 5.74) is 0.821. The molecule has 0 aliphatic carbocycles. The van der Waals surface area contributed by atoms with E-state index in [9.17, 15) is 9.59 Å². The molecule has 1 aliphatic heterocycles. The zero-order valence-corrected chi connectivity index (χ0v) is 19.2. The molecule has 0 bridgehead atoms. The molecule has 1 saturated heterocycles. The number of amidine groups is 1. The fourth-order valence-electron chi connectivity index (χ4n) is 2.33. The summed E-state index contributed by atoms with van der Waals surface area (Å²) in [5, 5.41) is 0.726. The van der Waals surface area contributed by atoms with Gasteiger partial charge in [-0.3, -0.25) is 14.7 Å². The Morgan fingerprint density at radius 1 is 1.26 bits per heavy atom. The van der Waals surface area contributed by atoms with E-state index in [0.29, 0.717) is 39.3 Å². The van der Waals surface area contributed by atoms with Crippen molar-refractivity contribution in [2.24, 2.45) is 4.99 Å². The first-order chi connectivity index (χ1) is 12.9. The Labute approximate surface area is 179 Å². The number of thioether (sulfide) groups is 1. The summed E-state index contributed by atoms with van der Waals surface area (Å²) in [6.07, 6.45) is 1.82. The Hall–Kier alpha value is -1.32. The molecule has 1 aliphatic rings. The van der Waals surface area contributed by atoms with Gasteiger partial charge in [0.15, 0.2) is 11.8 Å². The predicted molar refractivity (Wildman–Crippen MR) is 115 cm³/mol. The predicted octanol–water partition coefficient (Wildman–Crippen LogP) is 4.47. The van der Waals surface area contributed by atoms with E-state index < -0.39 is 5.97 Å². The summed E-state index contributed by atoms with van der Waals surface area (Å²) < 4.78 is 11.7. The first-order valence-corrected chi connectivity index (χ1v) is 10.8. The lowest BCUT2D eigenvalue weighted by Gasteiger charge is -2.11. The highest BCUT2D eigenvalue weighted by atomic mass is 79.9. The number of benzene rings is 1. The highest BCUT2D eigenvalue weighted by molar-refractivity contribution is 9.11. The highest BCUT2D eigenvalue weighted by Gasteiger charge is 2.31. The number of hydrogen-bond donors (Lipinski definition) is 0. The minimum absolute atomic E-state index is 0.0513. The molecule has 146 valence electrons. The molecule has 27 heavy (non-hydrogen) atoms. The number of hydrogen-bond acceptors (Lipinski definition) is 6. The van der Waals surface area contributed by atoms with E-state index in [1.807, 2.05) is 32.1 Å². The van der Waals surface area contributed by atoms with Gasteiger partial charge in [0.05, 0.1) is 20.5 Å². The molecular weight excluding hydrogens is 500 g/mol. The van der Waals surface area contributed by atoms with Crippen LogP contribution < -0.4 is 4.74 Å². The van der Waals surface area contributed by atoms with Crippen LogP contribution >= 0.6 is 43.6 Å². The average molecular weight is 520 g/mol. The van der Waals surface area contributed by atoms with Gasteiger partial charge in [-0.2, -0.15) is 0 Å². The standard InChI is InChI=1S/C18H20Br2N2O4S/c1-4-21-18-22(5-2)17(24)14(27-18)9-11-7-12(19)16(13(20)8-11)26-10-15(23)25-6-3/h7-9H,4-6,10H2,1-3H3/b14-9-,21-18?. The number of rotatable bonds is 7. The molecule has 1 aromatic rings. The maximum atomic E-state index is 12.6.